The van der Waals surface area contributed by atoms with Crippen LogP contribution in [0.5, 0.6) is 11.5 Å². The average molecular weight is 266 g/mol. The number of carbonyl (C=O) groups excluding carboxylic acids is 1. The normalized spacial score (nSPS) is 22.2. The Morgan fingerprint density at radius 1 is 1.47 bits per heavy atom. The Bertz CT molecular complexity index is 464. The lowest BCUT2D eigenvalue weighted by atomic mass is 10.0. The highest BCUT2D eigenvalue weighted by Crippen LogP contribution is 2.28. The van der Waals surface area contributed by atoms with Crippen molar-refractivity contribution in [2.24, 2.45) is 5.92 Å². The Morgan fingerprint density at radius 3 is 2.95 bits per heavy atom. The maximum atomic E-state index is 12.2. The number of anilines is 1. The van der Waals surface area contributed by atoms with Crippen molar-refractivity contribution in [3.05, 3.63) is 18.2 Å². The van der Waals surface area contributed by atoms with Gasteiger partial charge in [-0.15, -0.1) is 0 Å². The predicted molar refractivity (Wildman–Crippen MR) is 70.4 cm³/mol. The molecular weight excluding hydrogens is 248 g/mol. The molecule has 2 atom stereocenters. The van der Waals surface area contributed by atoms with Crippen LogP contribution in [0, 0.1) is 5.92 Å². The number of phenolic OH excluding ortho intramolecular Hbond substituents is 1. The Kier molecular flexibility index (Phi) is 4.24. The minimum atomic E-state index is -0.268. The van der Waals surface area contributed by atoms with E-state index in [1.807, 2.05) is 0 Å². The summed E-state index contributed by atoms with van der Waals surface area (Å²) in [4.78, 5) is 12.2. The highest BCUT2D eigenvalue weighted by molar-refractivity contribution is 5.94. The Balaban J connectivity index is 2.10. The van der Waals surface area contributed by atoms with Gasteiger partial charge in [-0.25, -0.2) is 0 Å². The molecule has 3 N–H and O–H groups in total. The zero-order chi connectivity index (χ0) is 13.8. The van der Waals surface area contributed by atoms with Crippen LogP contribution in [0.1, 0.15) is 0 Å². The smallest absolute Gasteiger partial charge is 0.231 e. The summed E-state index contributed by atoms with van der Waals surface area (Å²) in [5.74, 6) is 0.131. The highest BCUT2D eigenvalue weighted by atomic mass is 16.5. The lowest BCUT2D eigenvalue weighted by Crippen LogP contribution is -2.39. The number of carbonyl (C=O) groups is 1. The van der Waals surface area contributed by atoms with Crippen molar-refractivity contribution in [1.29, 1.82) is 0 Å². The fourth-order valence-corrected chi connectivity index (χ4v) is 2.06. The van der Waals surface area contributed by atoms with E-state index in [2.05, 4.69) is 10.6 Å². The third-order valence-electron chi connectivity index (χ3n) is 3.25. The van der Waals surface area contributed by atoms with Crippen molar-refractivity contribution in [3.63, 3.8) is 0 Å². The molecule has 0 bridgehead atoms. The molecule has 1 amide bonds. The highest BCUT2D eigenvalue weighted by Gasteiger charge is 2.33. The van der Waals surface area contributed by atoms with Crippen LogP contribution in [0.15, 0.2) is 18.2 Å². The molecule has 0 radical (unpaired) electrons. The van der Waals surface area contributed by atoms with Crippen LogP contribution in [0.3, 0.4) is 0 Å². The van der Waals surface area contributed by atoms with Crippen LogP contribution in [0.2, 0.25) is 0 Å². The first-order valence-corrected chi connectivity index (χ1v) is 6.08. The summed E-state index contributed by atoms with van der Waals surface area (Å²) in [7, 11) is 3.32. The third kappa shape index (κ3) is 2.97. The van der Waals surface area contributed by atoms with Crippen LogP contribution < -0.4 is 15.4 Å². The van der Waals surface area contributed by atoms with Gasteiger partial charge in [0.15, 0.2) is 0 Å². The molecule has 1 aliphatic rings. The zero-order valence-electron chi connectivity index (χ0n) is 11.0. The first kappa shape index (κ1) is 13.6. The van der Waals surface area contributed by atoms with E-state index in [4.69, 9.17) is 9.47 Å². The number of rotatable bonds is 4. The number of hydrogen-bond acceptors (Lipinski definition) is 5. The minimum Gasteiger partial charge on any atom is -0.506 e. The molecule has 0 saturated carbocycles. The predicted octanol–water partition coefficient (Wildman–Crippen LogP) is 0.574. The molecule has 19 heavy (non-hydrogen) atoms. The number of hydrogen-bond donors (Lipinski definition) is 3. The molecule has 1 saturated heterocycles. The molecule has 2 unspecified atom stereocenters. The lowest BCUT2D eigenvalue weighted by Gasteiger charge is -2.17. The number of amides is 1. The second kappa shape index (κ2) is 5.90. The van der Waals surface area contributed by atoms with Gasteiger partial charge < -0.3 is 25.2 Å². The number of phenols is 1. The molecule has 104 valence electrons. The lowest BCUT2D eigenvalue weighted by molar-refractivity contribution is -0.120. The maximum Gasteiger partial charge on any atom is 0.231 e. The number of aromatic hydroxyl groups is 1. The molecule has 1 aromatic carbocycles. The van der Waals surface area contributed by atoms with Crippen LogP contribution in [0.4, 0.5) is 5.69 Å². The number of benzene rings is 1. The van der Waals surface area contributed by atoms with Crippen molar-refractivity contribution >= 4 is 11.6 Å². The summed E-state index contributed by atoms with van der Waals surface area (Å²) in [5.41, 5.74) is 0.339. The molecule has 0 spiro atoms. The van der Waals surface area contributed by atoms with Gasteiger partial charge in [0.25, 0.3) is 0 Å². The molecule has 2 rings (SSSR count). The van der Waals surface area contributed by atoms with E-state index in [-0.39, 0.29) is 23.6 Å². The largest absolute Gasteiger partial charge is 0.506 e. The average Bonchev–Trinajstić information content (AvgIpc) is 2.89. The second-order valence-corrected chi connectivity index (χ2v) is 4.41. The molecule has 6 heteroatoms. The molecule has 1 aliphatic heterocycles. The van der Waals surface area contributed by atoms with Crippen molar-refractivity contribution < 1.29 is 19.4 Å². The first-order valence-electron chi connectivity index (χ1n) is 6.08. The minimum absolute atomic E-state index is 0.00671. The van der Waals surface area contributed by atoms with Crippen LogP contribution in [-0.4, -0.2) is 44.4 Å². The topological polar surface area (TPSA) is 79.8 Å². The number of likely N-dealkylation sites (N-methyl/N-ethyl adjacent to an activating group) is 1. The summed E-state index contributed by atoms with van der Waals surface area (Å²) in [6, 6.07) is 4.68. The third-order valence-corrected chi connectivity index (χ3v) is 3.25. The van der Waals surface area contributed by atoms with Crippen LogP contribution >= 0.6 is 0 Å². The van der Waals surface area contributed by atoms with Gasteiger partial charge in [-0.1, -0.05) is 0 Å². The standard InChI is InChI=1S/C13H18N2O4/c1-14-11-7-19-6-9(11)13(17)15-10-5-8(18-2)3-4-12(10)16/h3-5,9,11,14,16H,6-7H2,1-2H3,(H,15,17). The van der Waals surface area contributed by atoms with Crippen molar-refractivity contribution in [2.75, 3.05) is 32.7 Å². The summed E-state index contributed by atoms with van der Waals surface area (Å²) >= 11 is 0. The SMILES string of the molecule is CNC1COCC1C(=O)Nc1cc(OC)ccc1O. The molecule has 1 heterocycles. The van der Waals surface area contributed by atoms with Crippen LogP contribution in [-0.2, 0) is 9.53 Å². The Morgan fingerprint density at radius 2 is 2.26 bits per heavy atom. The molecular formula is C13H18N2O4. The van der Waals surface area contributed by atoms with Gasteiger partial charge in [-0.2, -0.15) is 0 Å². The van der Waals surface area contributed by atoms with E-state index in [0.717, 1.165) is 0 Å². The van der Waals surface area contributed by atoms with E-state index in [9.17, 15) is 9.90 Å². The van der Waals surface area contributed by atoms with E-state index < -0.39 is 0 Å². The first-order chi connectivity index (χ1) is 9.15. The Labute approximate surface area is 111 Å². The fourth-order valence-electron chi connectivity index (χ4n) is 2.06. The summed E-state index contributed by atoms with van der Waals surface area (Å²) in [5, 5.41) is 15.5. The monoisotopic (exact) mass is 266 g/mol. The molecule has 6 nitrogen and oxygen atoms in total. The maximum absolute atomic E-state index is 12.2. The van der Waals surface area contributed by atoms with E-state index in [0.29, 0.717) is 24.7 Å². The molecule has 1 fully saturated rings. The Hall–Kier alpha value is -1.79. The fraction of sp³-hybridized carbons (Fsp3) is 0.462. The summed E-state index contributed by atoms with van der Waals surface area (Å²) in [6.07, 6.45) is 0. The van der Waals surface area contributed by atoms with E-state index >= 15 is 0 Å². The van der Waals surface area contributed by atoms with Crippen molar-refractivity contribution in [1.82, 2.24) is 5.32 Å². The van der Waals surface area contributed by atoms with E-state index in [1.54, 1.807) is 19.2 Å². The van der Waals surface area contributed by atoms with Crippen LogP contribution in [0.25, 0.3) is 0 Å². The molecule has 1 aromatic rings. The number of ether oxygens (including phenoxy) is 2. The number of nitrogens with one attached hydrogen (secondary N) is 2. The quantitative estimate of drug-likeness (QED) is 0.694. The van der Waals surface area contributed by atoms with Gasteiger partial charge in [0, 0.05) is 12.1 Å². The van der Waals surface area contributed by atoms with Gasteiger partial charge in [-0.3, -0.25) is 4.79 Å². The summed E-state index contributed by atoms with van der Waals surface area (Å²) in [6.45, 7) is 0.890. The van der Waals surface area contributed by atoms with Crippen molar-refractivity contribution in [2.45, 2.75) is 6.04 Å². The zero-order valence-corrected chi connectivity index (χ0v) is 11.0. The summed E-state index contributed by atoms with van der Waals surface area (Å²) < 4.78 is 10.3. The molecule has 0 aliphatic carbocycles. The molecule has 0 aromatic heterocycles. The van der Waals surface area contributed by atoms with Gasteiger partial charge in [0.2, 0.25) is 5.91 Å². The van der Waals surface area contributed by atoms with E-state index in [1.165, 1.54) is 13.2 Å². The van der Waals surface area contributed by atoms with Gasteiger partial charge in [0.1, 0.15) is 11.5 Å². The van der Waals surface area contributed by atoms with Gasteiger partial charge in [-0.05, 0) is 19.2 Å². The number of methoxy groups -OCH3 is 1. The van der Waals surface area contributed by atoms with Gasteiger partial charge in [0.05, 0.1) is 31.9 Å². The second-order valence-electron chi connectivity index (χ2n) is 4.41. The van der Waals surface area contributed by atoms with Crippen molar-refractivity contribution in [3.8, 4) is 11.5 Å². The van der Waals surface area contributed by atoms with Gasteiger partial charge >= 0.3 is 0 Å².